The molecule has 0 heterocycles. The summed E-state index contributed by atoms with van der Waals surface area (Å²) >= 11 is 0. The van der Waals surface area contributed by atoms with Crippen molar-refractivity contribution in [3.05, 3.63) is 23.5 Å². The number of urea groups is 1. The molecule has 1 aromatic rings. The Labute approximate surface area is 137 Å². The summed E-state index contributed by atoms with van der Waals surface area (Å²) in [4.78, 5) is 23.2. The number of carbonyl (C=O) groups excluding carboxylic acids is 2. The molecule has 0 fully saturated rings. The molecule has 0 aliphatic heterocycles. The van der Waals surface area contributed by atoms with E-state index in [0.29, 0.717) is 13.0 Å². The Morgan fingerprint density at radius 2 is 1.58 bits per heavy atom. The van der Waals surface area contributed by atoms with Gasteiger partial charge in [-0.3, -0.25) is 5.32 Å². The average Bonchev–Trinajstić information content (AvgIpc) is 2.45. The van der Waals surface area contributed by atoms with Gasteiger partial charge in [-0.05, 0) is 33.3 Å². The minimum Gasteiger partial charge on any atom is -0.444 e. The number of benzene rings is 1. The fourth-order valence-electron chi connectivity index (χ4n) is 1.60. The molecule has 0 aliphatic carbocycles. The van der Waals surface area contributed by atoms with E-state index in [1.54, 1.807) is 27.7 Å². The van der Waals surface area contributed by atoms with E-state index in [2.05, 4.69) is 10.6 Å². The highest BCUT2D eigenvalue weighted by Crippen LogP contribution is 2.27. The number of hydrogen-bond donors (Lipinski definition) is 3. The maximum absolute atomic E-state index is 13.8. The molecule has 0 radical (unpaired) electrons. The topological polar surface area (TPSA) is 79.5 Å². The Kier molecular flexibility index (Phi) is 6.44. The van der Waals surface area contributed by atoms with Crippen LogP contribution in [0.5, 0.6) is 0 Å². The lowest BCUT2D eigenvalue weighted by Crippen LogP contribution is -2.30. The molecule has 9 heteroatoms. The summed E-state index contributed by atoms with van der Waals surface area (Å²) in [7, 11) is 0. The second kappa shape index (κ2) is 7.89. The van der Waals surface area contributed by atoms with Gasteiger partial charge in [-0.15, -0.1) is 0 Å². The van der Waals surface area contributed by atoms with Crippen LogP contribution < -0.4 is 16.0 Å². The van der Waals surface area contributed by atoms with Gasteiger partial charge >= 0.3 is 12.1 Å². The van der Waals surface area contributed by atoms with Gasteiger partial charge in [0.2, 0.25) is 0 Å². The van der Waals surface area contributed by atoms with Crippen LogP contribution in [0.3, 0.4) is 0 Å². The van der Waals surface area contributed by atoms with Gasteiger partial charge in [-0.25, -0.2) is 22.8 Å². The minimum absolute atomic E-state index is 0.320. The molecule has 0 spiro atoms. The molecule has 0 unspecified atom stereocenters. The molecule has 3 amide bonds. The zero-order valence-electron chi connectivity index (χ0n) is 13.9. The second-order valence-corrected chi connectivity index (χ2v) is 5.92. The number of carbonyl (C=O) groups is 2. The Bertz CT molecular complexity index is 631. The van der Waals surface area contributed by atoms with E-state index in [1.807, 2.05) is 5.32 Å². The summed E-state index contributed by atoms with van der Waals surface area (Å²) in [6.07, 6.45) is -0.409. The molecule has 0 saturated heterocycles. The first kappa shape index (κ1) is 19.6. The predicted molar refractivity (Wildman–Crippen MR) is 83.5 cm³/mol. The molecule has 134 valence electrons. The zero-order chi connectivity index (χ0) is 18.5. The minimum atomic E-state index is -1.82. The molecule has 1 rings (SSSR count). The molecule has 1 aromatic carbocycles. The van der Waals surface area contributed by atoms with E-state index in [9.17, 15) is 22.8 Å². The van der Waals surface area contributed by atoms with Gasteiger partial charge in [-0.1, -0.05) is 6.92 Å². The number of rotatable bonds is 4. The maximum Gasteiger partial charge on any atom is 0.412 e. The van der Waals surface area contributed by atoms with Crippen LogP contribution in [0.25, 0.3) is 0 Å². The molecule has 0 aromatic heterocycles. The SMILES string of the molecule is CCCNC(=O)Nc1cc(NC(=O)OC(C)(C)C)c(F)c(F)c1F. The number of halogens is 3. The van der Waals surface area contributed by atoms with Crippen molar-refractivity contribution in [2.45, 2.75) is 39.7 Å². The Balaban J connectivity index is 3.01. The van der Waals surface area contributed by atoms with Crippen molar-refractivity contribution in [1.29, 1.82) is 0 Å². The van der Waals surface area contributed by atoms with Gasteiger partial charge in [-0.2, -0.15) is 0 Å². The number of amides is 3. The highest BCUT2D eigenvalue weighted by molar-refractivity contribution is 5.91. The third kappa shape index (κ3) is 5.64. The number of ether oxygens (including phenoxy) is 1. The van der Waals surface area contributed by atoms with Crippen LogP contribution in [-0.4, -0.2) is 24.3 Å². The van der Waals surface area contributed by atoms with Gasteiger partial charge in [0.15, 0.2) is 17.5 Å². The van der Waals surface area contributed by atoms with E-state index in [4.69, 9.17) is 4.74 Å². The van der Waals surface area contributed by atoms with E-state index in [-0.39, 0.29) is 0 Å². The van der Waals surface area contributed by atoms with Crippen molar-refractivity contribution >= 4 is 23.5 Å². The molecule has 6 nitrogen and oxygen atoms in total. The van der Waals surface area contributed by atoms with Crippen molar-refractivity contribution in [3.8, 4) is 0 Å². The Morgan fingerprint density at radius 3 is 2.08 bits per heavy atom. The summed E-state index contributed by atoms with van der Waals surface area (Å²) in [5.41, 5.74) is -2.14. The molecular weight excluding hydrogens is 327 g/mol. The predicted octanol–water partition coefficient (Wildman–Crippen LogP) is 3.98. The quantitative estimate of drug-likeness (QED) is 0.721. The Hall–Kier alpha value is -2.45. The monoisotopic (exact) mass is 347 g/mol. The standard InChI is InChI=1S/C15H20F3N3O3/c1-5-6-19-13(22)20-8-7-9(11(17)12(18)10(8)16)21-14(23)24-15(2,3)4/h7H,5-6H2,1-4H3,(H,21,23)(H2,19,20,22). The summed E-state index contributed by atoms with van der Waals surface area (Å²) in [6.45, 7) is 6.87. The lowest BCUT2D eigenvalue weighted by atomic mass is 10.2. The average molecular weight is 347 g/mol. The normalized spacial score (nSPS) is 11.0. The molecular formula is C15H20F3N3O3. The maximum atomic E-state index is 13.8. The zero-order valence-corrected chi connectivity index (χ0v) is 13.9. The van der Waals surface area contributed by atoms with Crippen molar-refractivity contribution in [2.24, 2.45) is 0 Å². The van der Waals surface area contributed by atoms with Gasteiger partial charge < -0.3 is 15.4 Å². The Morgan fingerprint density at radius 1 is 1.04 bits per heavy atom. The van der Waals surface area contributed by atoms with E-state index in [1.165, 1.54) is 0 Å². The van der Waals surface area contributed by atoms with Gasteiger partial charge in [0.05, 0.1) is 11.4 Å². The summed E-state index contributed by atoms with van der Waals surface area (Å²) < 4.78 is 46.0. The first-order valence-corrected chi connectivity index (χ1v) is 7.27. The molecule has 0 saturated carbocycles. The molecule has 0 aliphatic rings. The lowest BCUT2D eigenvalue weighted by Gasteiger charge is -2.20. The fourth-order valence-corrected chi connectivity index (χ4v) is 1.60. The highest BCUT2D eigenvalue weighted by atomic mass is 19.2. The van der Waals surface area contributed by atoms with Crippen LogP contribution in [-0.2, 0) is 4.74 Å². The largest absolute Gasteiger partial charge is 0.444 e. The van der Waals surface area contributed by atoms with Crippen molar-refractivity contribution < 1.29 is 27.5 Å². The molecule has 24 heavy (non-hydrogen) atoms. The number of hydrogen-bond acceptors (Lipinski definition) is 3. The van der Waals surface area contributed by atoms with E-state index < -0.39 is 46.6 Å². The van der Waals surface area contributed by atoms with Crippen molar-refractivity contribution in [3.63, 3.8) is 0 Å². The van der Waals surface area contributed by atoms with Crippen LogP contribution in [0.15, 0.2) is 6.07 Å². The first-order chi connectivity index (χ1) is 11.0. The summed E-state index contributed by atoms with van der Waals surface area (Å²) in [5.74, 6) is -5.00. The van der Waals surface area contributed by atoms with Gasteiger partial charge in [0.25, 0.3) is 0 Å². The molecule has 0 bridgehead atoms. The summed E-state index contributed by atoms with van der Waals surface area (Å²) in [5, 5.41) is 6.42. The highest BCUT2D eigenvalue weighted by Gasteiger charge is 2.23. The lowest BCUT2D eigenvalue weighted by molar-refractivity contribution is 0.0635. The van der Waals surface area contributed by atoms with E-state index in [0.717, 1.165) is 6.07 Å². The summed E-state index contributed by atoms with van der Waals surface area (Å²) in [6, 6.07) is -0.0200. The third-order valence-electron chi connectivity index (χ3n) is 2.57. The molecule has 3 N–H and O–H groups in total. The van der Waals surface area contributed by atoms with Crippen LogP contribution in [0.1, 0.15) is 34.1 Å². The van der Waals surface area contributed by atoms with Crippen LogP contribution in [0, 0.1) is 17.5 Å². The third-order valence-corrected chi connectivity index (χ3v) is 2.57. The number of anilines is 2. The van der Waals surface area contributed by atoms with Crippen LogP contribution >= 0.6 is 0 Å². The number of nitrogens with one attached hydrogen (secondary N) is 3. The van der Waals surface area contributed by atoms with Crippen LogP contribution in [0.2, 0.25) is 0 Å². The van der Waals surface area contributed by atoms with Crippen LogP contribution in [0.4, 0.5) is 34.1 Å². The van der Waals surface area contributed by atoms with Crippen molar-refractivity contribution in [2.75, 3.05) is 17.2 Å². The second-order valence-electron chi connectivity index (χ2n) is 5.92. The smallest absolute Gasteiger partial charge is 0.412 e. The fraction of sp³-hybridized carbons (Fsp3) is 0.467. The van der Waals surface area contributed by atoms with E-state index >= 15 is 0 Å². The first-order valence-electron chi connectivity index (χ1n) is 7.27. The van der Waals surface area contributed by atoms with Gasteiger partial charge in [0.1, 0.15) is 5.60 Å². The van der Waals surface area contributed by atoms with Crippen molar-refractivity contribution in [1.82, 2.24) is 5.32 Å². The van der Waals surface area contributed by atoms with Gasteiger partial charge in [0, 0.05) is 6.54 Å². The molecule has 0 atom stereocenters.